The molecule has 0 aromatic heterocycles. The van der Waals surface area contributed by atoms with Crippen LogP contribution in [0.15, 0.2) is 24.3 Å². The number of benzene rings is 1. The minimum atomic E-state index is -0.892. The first kappa shape index (κ1) is 17.9. The van der Waals surface area contributed by atoms with Crippen molar-refractivity contribution in [2.45, 2.75) is 23.5 Å². The van der Waals surface area contributed by atoms with E-state index in [0.29, 0.717) is 10.3 Å². The van der Waals surface area contributed by atoms with Gasteiger partial charge in [0.05, 0.1) is 4.58 Å². The van der Waals surface area contributed by atoms with Crippen LogP contribution in [0.1, 0.15) is 23.0 Å². The summed E-state index contributed by atoms with van der Waals surface area (Å²) in [6.45, 7) is -0.253. The largest absolute Gasteiger partial charge is 0.484 e. The smallest absolute Gasteiger partial charge is 0.327 e. The lowest BCUT2D eigenvalue weighted by Gasteiger charge is -2.11. The third kappa shape index (κ3) is 5.57. The molecule has 3 rings (SSSR count). The first-order valence-corrected chi connectivity index (χ1v) is 10.1. The number of amides is 3. The fourth-order valence-electron chi connectivity index (χ4n) is 2.12. The molecule has 2 aliphatic rings. The number of hydrogen-bond acceptors (Lipinski definition) is 6. The van der Waals surface area contributed by atoms with E-state index >= 15 is 0 Å². The van der Waals surface area contributed by atoms with Crippen molar-refractivity contribution < 1.29 is 19.1 Å². The summed E-state index contributed by atoms with van der Waals surface area (Å²) in [5, 5.41) is 2.53. The summed E-state index contributed by atoms with van der Waals surface area (Å²) in [5.41, 5.74) is 5.45. The van der Waals surface area contributed by atoms with Crippen LogP contribution >= 0.6 is 23.5 Å². The molecule has 7 nitrogen and oxygen atoms in total. The number of thioether (sulfide) groups is 2. The second kappa shape index (κ2) is 8.48. The maximum atomic E-state index is 11.7. The zero-order valence-corrected chi connectivity index (χ0v) is 15.1. The lowest BCUT2D eigenvalue weighted by atomic mass is 10.2. The molecule has 0 radical (unpaired) electrons. The second-order valence-corrected chi connectivity index (χ2v) is 8.41. The topological polar surface area (TPSA) is 96.5 Å². The maximum Gasteiger partial charge on any atom is 0.327 e. The predicted octanol–water partition coefficient (Wildman–Crippen LogP) is 0.970. The SMILES string of the molecule is O=C(COc1ccc(C2SCCS2)cc1)NNC(=O)C(=O)NC1CC1. The van der Waals surface area contributed by atoms with Crippen molar-refractivity contribution in [3.8, 4) is 5.75 Å². The van der Waals surface area contributed by atoms with Gasteiger partial charge < -0.3 is 10.1 Å². The van der Waals surface area contributed by atoms with Crippen molar-refractivity contribution in [3.63, 3.8) is 0 Å². The summed E-state index contributed by atoms with van der Waals surface area (Å²) in [7, 11) is 0. The Balaban J connectivity index is 1.36. The molecule has 0 atom stereocenters. The molecular weight excluding hydrogens is 362 g/mol. The van der Waals surface area contributed by atoms with Gasteiger partial charge >= 0.3 is 11.8 Å². The van der Waals surface area contributed by atoms with Crippen molar-refractivity contribution >= 4 is 41.2 Å². The van der Waals surface area contributed by atoms with Gasteiger partial charge in [-0.1, -0.05) is 12.1 Å². The highest BCUT2D eigenvalue weighted by Gasteiger charge is 2.26. The van der Waals surface area contributed by atoms with Gasteiger partial charge in [0.2, 0.25) is 0 Å². The molecule has 1 aliphatic heterocycles. The maximum absolute atomic E-state index is 11.7. The van der Waals surface area contributed by atoms with Gasteiger partial charge in [0.25, 0.3) is 5.91 Å². The van der Waals surface area contributed by atoms with Crippen molar-refractivity contribution in [2.75, 3.05) is 18.1 Å². The van der Waals surface area contributed by atoms with Crippen LogP contribution in [-0.2, 0) is 14.4 Å². The van der Waals surface area contributed by atoms with E-state index in [1.807, 2.05) is 47.8 Å². The molecule has 1 aliphatic carbocycles. The number of carbonyl (C=O) groups is 3. The molecule has 1 aromatic rings. The van der Waals surface area contributed by atoms with Crippen molar-refractivity contribution in [3.05, 3.63) is 29.8 Å². The van der Waals surface area contributed by atoms with Crippen LogP contribution in [0.5, 0.6) is 5.75 Å². The molecule has 1 aromatic carbocycles. The Hall–Kier alpha value is -1.87. The molecular formula is C16H19N3O4S2. The van der Waals surface area contributed by atoms with Crippen molar-refractivity contribution in [1.82, 2.24) is 16.2 Å². The van der Waals surface area contributed by atoms with Crippen LogP contribution in [-0.4, -0.2) is 41.9 Å². The van der Waals surface area contributed by atoms with Gasteiger partial charge in [0, 0.05) is 17.5 Å². The van der Waals surface area contributed by atoms with Gasteiger partial charge in [-0.2, -0.15) is 0 Å². The zero-order valence-electron chi connectivity index (χ0n) is 13.4. The first-order valence-electron chi connectivity index (χ1n) is 7.97. The molecule has 0 bridgehead atoms. The Kier molecular flexibility index (Phi) is 6.09. The van der Waals surface area contributed by atoms with Crippen molar-refractivity contribution in [1.29, 1.82) is 0 Å². The van der Waals surface area contributed by atoms with Crippen LogP contribution < -0.4 is 20.9 Å². The quantitative estimate of drug-likeness (QED) is 0.520. The van der Waals surface area contributed by atoms with Crippen molar-refractivity contribution in [2.24, 2.45) is 0 Å². The molecule has 0 spiro atoms. The van der Waals surface area contributed by atoms with E-state index in [-0.39, 0.29) is 12.6 Å². The number of carbonyl (C=O) groups excluding carboxylic acids is 3. The Morgan fingerprint density at radius 1 is 1.00 bits per heavy atom. The monoisotopic (exact) mass is 381 g/mol. The summed E-state index contributed by atoms with van der Waals surface area (Å²) in [6.07, 6.45) is 1.77. The number of rotatable bonds is 5. The van der Waals surface area contributed by atoms with Crippen LogP contribution in [0.25, 0.3) is 0 Å². The number of hydrazine groups is 1. The molecule has 1 saturated carbocycles. The lowest BCUT2D eigenvalue weighted by molar-refractivity contribution is -0.141. The van der Waals surface area contributed by atoms with Gasteiger partial charge in [-0.05, 0) is 30.5 Å². The molecule has 0 unspecified atom stereocenters. The standard InChI is InChI=1S/C16H19N3O4S2/c20-13(18-19-15(22)14(21)17-11-3-4-11)9-23-12-5-1-10(2-6-12)16-24-7-8-25-16/h1-2,5-6,11,16H,3-4,7-9H2,(H,17,21)(H,18,20)(H,19,22). The molecule has 2 fully saturated rings. The van der Waals surface area contributed by atoms with E-state index in [0.717, 1.165) is 24.3 Å². The van der Waals surface area contributed by atoms with Crippen LogP contribution in [0.3, 0.4) is 0 Å². The highest BCUT2D eigenvalue weighted by atomic mass is 32.2. The summed E-state index contributed by atoms with van der Waals surface area (Å²) in [5.74, 6) is 0.720. The molecule has 3 amide bonds. The summed E-state index contributed by atoms with van der Waals surface area (Å²) < 4.78 is 5.84. The normalized spacial score (nSPS) is 17.0. The molecule has 9 heteroatoms. The third-order valence-electron chi connectivity index (χ3n) is 3.58. The van der Waals surface area contributed by atoms with E-state index in [1.54, 1.807) is 0 Å². The van der Waals surface area contributed by atoms with Crippen LogP contribution in [0, 0.1) is 0 Å². The number of nitrogens with one attached hydrogen (secondary N) is 3. The van der Waals surface area contributed by atoms with E-state index in [9.17, 15) is 14.4 Å². The second-order valence-electron chi connectivity index (χ2n) is 5.68. The highest BCUT2D eigenvalue weighted by Crippen LogP contribution is 2.45. The molecule has 3 N–H and O–H groups in total. The minimum Gasteiger partial charge on any atom is -0.484 e. The van der Waals surface area contributed by atoms with Gasteiger partial charge in [-0.15, -0.1) is 23.5 Å². The summed E-state index contributed by atoms with van der Waals surface area (Å²) in [4.78, 5) is 34.5. The fraction of sp³-hybridized carbons (Fsp3) is 0.438. The number of ether oxygens (including phenoxy) is 1. The van der Waals surface area contributed by atoms with Gasteiger partial charge in [0.1, 0.15) is 5.75 Å². The van der Waals surface area contributed by atoms with Crippen LogP contribution in [0.2, 0.25) is 0 Å². The lowest BCUT2D eigenvalue weighted by Crippen LogP contribution is -2.50. The van der Waals surface area contributed by atoms with Gasteiger partial charge in [-0.25, -0.2) is 0 Å². The predicted molar refractivity (Wildman–Crippen MR) is 97.0 cm³/mol. The fourth-order valence-corrected chi connectivity index (χ4v) is 4.98. The molecule has 1 heterocycles. The average Bonchev–Trinajstić information content (AvgIpc) is 3.27. The zero-order chi connectivity index (χ0) is 17.6. The summed E-state index contributed by atoms with van der Waals surface area (Å²) >= 11 is 3.85. The number of hydrogen-bond donors (Lipinski definition) is 3. The average molecular weight is 381 g/mol. The van der Waals surface area contributed by atoms with E-state index in [4.69, 9.17) is 4.74 Å². The van der Waals surface area contributed by atoms with Gasteiger partial charge in [-0.3, -0.25) is 25.2 Å². The minimum absolute atomic E-state index is 0.0845. The Labute approximate surface area is 154 Å². The van der Waals surface area contributed by atoms with Gasteiger partial charge in [0.15, 0.2) is 6.61 Å². The molecule has 1 saturated heterocycles. The highest BCUT2D eigenvalue weighted by molar-refractivity contribution is 8.19. The Morgan fingerprint density at radius 3 is 2.32 bits per heavy atom. The van der Waals surface area contributed by atoms with E-state index in [1.165, 1.54) is 5.56 Å². The van der Waals surface area contributed by atoms with E-state index in [2.05, 4.69) is 16.2 Å². The molecule has 25 heavy (non-hydrogen) atoms. The van der Waals surface area contributed by atoms with Crippen LogP contribution in [0.4, 0.5) is 0 Å². The van der Waals surface area contributed by atoms with E-state index < -0.39 is 17.7 Å². The Morgan fingerprint density at radius 2 is 1.68 bits per heavy atom. The third-order valence-corrected chi connectivity index (χ3v) is 6.68. The first-order chi connectivity index (χ1) is 12.1. The summed E-state index contributed by atoms with van der Waals surface area (Å²) in [6, 6.07) is 7.72. The molecule has 134 valence electrons. The Bertz CT molecular complexity index is 643.